The molecule has 0 bridgehead atoms. The minimum atomic E-state index is -3.60. The molecule has 0 radical (unpaired) electrons. The van der Waals surface area contributed by atoms with E-state index >= 15 is 0 Å². The van der Waals surface area contributed by atoms with Gasteiger partial charge >= 0.3 is 0 Å². The van der Waals surface area contributed by atoms with Gasteiger partial charge in [-0.3, -0.25) is 14.2 Å². The van der Waals surface area contributed by atoms with Gasteiger partial charge in [0.2, 0.25) is 5.75 Å². The van der Waals surface area contributed by atoms with Gasteiger partial charge in [-0.2, -0.15) is 27.9 Å². The van der Waals surface area contributed by atoms with Gasteiger partial charge in [0.1, 0.15) is 11.4 Å². The van der Waals surface area contributed by atoms with Crippen molar-refractivity contribution in [1.29, 1.82) is 5.26 Å². The SMILES string of the molecule is CC.CC(F)(F)c1cc(Cn2cnc(C(C)(F)F)c(Oc3cc(Cl)cc(C#N)c3)c2=O)c(=O)[nH]n1. The first-order chi connectivity index (χ1) is 16.3. The molecule has 186 valence electrons. The molecule has 13 heteroatoms. The monoisotopic (exact) mass is 513 g/mol. The summed E-state index contributed by atoms with van der Waals surface area (Å²) in [5.41, 5.74) is -4.00. The number of nitrogens with one attached hydrogen (secondary N) is 1. The minimum Gasteiger partial charge on any atom is -0.449 e. The molecule has 0 atom stereocenters. The quantitative estimate of drug-likeness (QED) is 0.467. The largest absolute Gasteiger partial charge is 0.449 e. The number of ether oxygens (including phenoxy) is 1. The van der Waals surface area contributed by atoms with E-state index in [9.17, 15) is 27.2 Å². The maximum atomic E-state index is 14.1. The predicted molar refractivity (Wildman–Crippen MR) is 119 cm³/mol. The average Bonchev–Trinajstić information content (AvgIpc) is 2.77. The zero-order chi connectivity index (χ0) is 26.6. The number of aromatic nitrogens is 4. The Kier molecular flexibility index (Phi) is 8.41. The third kappa shape index (κ3) is 6.66. The third-order valence-electron chi connectivity index (χ3n) is 4.30. The van der Waals surface area contributed by atoms with Crippen LogP contribution in [0.4, 0.5) is 17.6 Å². The molecule has 0 fully saturated rings. The van der Waals surface area contributed by atoms with Gasteiger partial charge in [-0.05, 0) is 24.3 Å². The number of benzene rings is 1. The van der Waals surface area contributed by atoms with Crippen molar-refractivity contribution in [3.05, 3.63) is 78.8 Å². The van der Waals surface area contributed by atoms with E-state index in [0.29, 0.717) is 13.8 Å². The maximum absolute atomic E-state index is 14.1. The number of hydrogen-bond acceptors (Lipinski definition) is 6. The second-order valence-corrected chi connectivity index (χ2v) is 7.57. The molecule has 0 saturated carbocycles. The smallest absolute Gasteiger partial charge is 0.297 e. The van der Waals surface area contributed by atoms with Gasteiger partial charge < -0.3 is 4.74 Å². The van der Waals surface area contributed by atoms with Gasteiger partial charge in [-0.25, -0.2) is 10.1 Å². The molecule has 2 aromatic heterocycles. The summed E-state index contributed by atoms with van der Waals surface area (Å²) in [5, 5.41) is 14.3. The molecule has 0 aliphatic heterocycles. The van der Waals surface area contributed by atoms with Crippen molar-refractivity contribution in [2.75, 3.05) is 0 Å². The Labute approximate surface area is 201 Å². The molecule has 0 spiro atoms. The van der Waals surface area contributed by atoms with E-state index in [1.165, 1.54) is 18.2 Å². The van der Waals surface area contributed by atoms with Crippen LogP contribution in [0.3, 0.4) is 0 Å². The number of H-pyrrole nitrogens is 1. The predicted octanol–water partition coefficient (Wildman–Crippen LogP) is 4.94. The van der Waals surface area contributed by atoms with Crippen LogP contribution in [0.2, 0.25) is 5.02 Å². The summed E-state index contributed by atoms with van der Waals surface area (Å²) in [6.07, 6.45) is 0.740. The first-order valence-electron chi connectivity index (χ1n) is 10.1. The van der Waals surface area contributed by atoms with Gasteiger partial charge in [0.25, 0.3) is 23.0 Å². The summed E-state index contributed by atoms with van der Waals surface area (Å²) in [6.45, 7) is 4.47. The Bertz CT molecular complexity index is 1370. The lowest BCUT2D eigenvalue weighted by Crippen LogP contribution is -2.29. The molecule has 0 aliphatic carbocycles. The van der Waals surface area contributed by atoms with Crippen LogP contribution in [-0.4, -0.2) is 19.7 Å². The van der Waals surface area contributed by atoms with Crippen molar-refractivity contribution in [1.82, 2.24) is 19.7 Å². The lowest BCUT2D eigenvalue weighted by Gasteiger charge is -2.17. The lowest BCUT2D eigenvalue weighted by molar-refractivity contribution is 0.00970. The molecule has 1 aromatic carbocycles. The Hall–Kier alpha value is -3.72. The molecule has 3 aromatic rings. The van der Waals surface area contributed by atoms with Crippen molar-refractivity contribution in [2.24, 2.45) is 0 Å². The molecule has 1 N–H and O–H groups in total. The Morgan fingerprint density at radius 2 is 1.77 bits per heavy atom. The van der Waals surface area contributed by atoms with Crippen molar-refractivity contribution in [3.63, 3.8) is 0 Å². The number of halogens is 5. The summed E-state index contributed by atoms with van der Waals surface area (Å²) in [5.74, 6) is -8.05. The van der Waals surface area contributed by atoms with Crippen LogP contribution in [0.1, 0.15) is 50.2 Å². The molecule has 8 nitrogen and oxygen atoms in total. The van der Waals surface area contributed by atoms with E-state index in [1.54, 1.807) is 6.07 Å². The summed E-state index contributed by atoms with van der Waals surface area (Å²) in [4.78, 5) is 28.6. The van der Waals surface area contributed by atoms with E-state index in [0.717, 1.165) is 17.0 Å². The van der Waals surface area contributed by atoms with Crippen LogP contribution in [0.25, 0.3) is 0 Å². The topological polar surface area (TPSA) is 114 Å². The lowest BCUT2D eigenvalue weighted by atomic mass is 10.2. The highest BCUT2D eigenvalue weighted by atomic mass is 35.5. The second-order valence-electron chi connectivity index (χ2n) is 7.13. The summed E-state index contributed by atoms with van der Waals surface area (Å²) in [6, 6.07) is 6.26. The van der Waals surface area contributed by atoms with Crippen LogP contribution in [0.5, 0.6) is 11.5 Å². The van der Waals surface area contributed by atoms with Gasteiger partial charge in [0.05, 0.1) is 24.5 Å². The zero-order valence-electron chi connectivity index (χ0n) is 19.0. The zero-order valence-corrected chi connectivity index (χ0v) is 19.8. The van der Waals surface area contributed by atoms with Crippen molar-refractivity contribution in [2.45, 2.75) is 46.1 Å². The van der Waals surface area contributed by atoms with E-state index in [4.69, 9.17) is 21.6 Å². The highest BCUT2D eigenvalue weighted by Crippen LogP contribution is 2.34. The summed E-state index contributed by atoms with van der Waals surface area (Å²) >= 11 is 5.89. The Morgan fingerprint density at radius 1 is 1.11 bits per heavy atom. The molecule has 0 aliphatic rings. The number of hydrogen-bond donors (Lipinski definition) is 1. The minimum absolute atomic E-state index is 0.0443. The summed E-state index contributed by atoms with van der Waals surface area (Å²) < 4.78 is 61.4. The van der Waals surface area contributed by atoms with Crippen LogP contribution in [0.15, 0.2) is 40.2 Å². The van der Waals surface area contributed by atoms with Gasteiger partial charge in [0.15, 0.2) is 5.69 Å². The molecular formula is C22H20ClF4N5O3. The van der Waals surface area contributed by atoms with Crippen molar-refractivity contribution >= 4 is 11.6 Å². The summed E-state index contributed by atoms with van der Waals surface area (Å²) in [7, 11) is 0. The number of rotatable bonds is 6. The third-order valence-corrected chi connectivity index (χ3v) is 4.52. The van der Waals surface area contributed by atoms with Crippen molar-refractivity contribution in [3.8, 4) is 17.6 Å². The van der Waals surface area contributed by atoms with Gasteiger partial charge in [0, 0.05) is 24.4 Å². The van der Waals surface area contributed by atoms with Gasteiger partial charge in [-0.1, -0.05) is 25.4 Å². The average molecular weight is 514 g/mol. The highest BCUT2D eigenvalue weighted by Gasteiger charge is 2.34. The standard InChI is InChI=1S/C20H14ClF4N5O3.C2H6/c1-19(22,23)14-5-11(17(31)29-28-14)8-30-9-27-16(20(2,24)25)15(18(30)32)33-13-4-10(7-26)3-12(21)6-13;1-2/h3-6,9H,8H2,1-2H3,(H,29,31);1-2H3. The number of nitrogens with zero attached hydrogens (tertiary/aromatic N) is 4. The second kappa shape index (κ2) is 10.7. The Morgan fingerprint density at radius 3 is 2.34 bits per heavy atom. The van der Waals surface area contributed by atoms with Crippen molar-refractivity contribution < 1.29 is 22.3 Å². The highest BCUT2D eigenvalue weighted by molar-refractivity contribution is 6.30. The first-order valence-corrected chi connectivity index (χ1v) is 10.5. The fourth-order valence-electron chi connectivity index (χ4n) is 2.76. The molecule has 0 saturated heterocycles. The fourth-order valence-corrected chi connectivity index (χ4v) is 2.99. The molecular weight excluding hydrogens is 494 g/mol. The van der Waals surface area contributed by atoms with Gasteiger partial charge in [-0.15, -0.1) is 0 Å². The fraction of sp³-hybridized carbons (Fsp3) is 0.318. The number of aromatic amines is 1. The number of nitriles is 1. The van der Waals surface area contributed by atoms with E-state index in [1.807, 2.05) is 18.9 Å². The molecule has 0 unspecified atom stereocenters. The Balaban J connectivity index is 0.00000210. The molecule has 0 amide bonds. The van der Waals surface area contributed by atoms with Crippen LogP contribution < -0.4 is 15.9 Å². The molecule has 35 heavy (non-hydrogen) atoms. The first kappa shape index (κ1) is 27.5. The van der Waals surface area contributed by atoms with E-state index < -0.39 is 46.6 Å². The van der Waals surface area contributed by atoms with Crippen LogP contribution >= 0.6 is 11.6 Å². The molecule has 3 rings (SSSR count). The van der Waals surface area contributed by atoms with E-state index in [-0.39, 0.29) is 21.9 Å². The molecule has 2 heterocycles. The van der Waals surface area contributed by atoms with E-state index in [2.05, 4.69) is 10.1 Å². The van der Waals surface area contributed by atoms with Crippen LogP contribution in [0, 0.1) is 11.3 Å². The number of alkyl halides is 4. The van der Waals surface area contributed by atoms with Crippen LogP contribution in [-0.2, 0) is 18.4 Å². The normalized spacial score (nSPS) is 11.3. The maximum Gasteiger partial charge on any atom is 0.297 e.